The lowest BCUT2D eigenvalue weighted by Gasteiger charge is -2.23. The molecule has 2 aromatic carbocycles. The van der Waals surface area contributed by atoms with Crippen molar-refractivity contribution < 1.29 is 4.79 Å². The minimum Gasteiger partial charge on any atom is -0.328 e. The predicted octanol–water partition coefficient (Wildman–Crippen LogP) is 3.14. The van der Waals surface area contributed by atoms with Crippen LogP contribution in [-0.2, 0) is 0 Å². The zero-order valence-electron chi connectivity index (χ0n) is 12.7. The molecule has 2 N–H and O–H groups in total. The van der Waals surface area contributed by atoms with Crippen molar-refractivity contribution in [2.24, 2.45) is 5.73 Å². The second kappa shape index (κ2) is 6.55. The normalized spacial score (nSPS) is 17.7. The molecular formula is C18H20N2OS. The number of thioether (sulfide) groups is 1. The van der Waals surface area contributed by atoms with Gasteiger partial charge in [0, 0.05) is 17.9 Å². The number of carbonyl (C=O) groups excluding carboxylic acids is 1. The molecule has 1 aliphatic rings. The number of hydrogen-bond acceptors (Lipinski definition) is 3. The van der Waals surface area contributed by atoms with Crippen molar-refractivity contribution >= 4 is 17.7 Å². The zero-order valence-corrected chi connectivity index (χ0v) is 13.5. The Morgan fingerprint density at radius 1 is 1.23 bits per heavy atom. The Morgan fingerprint density at radius 3 is 2.68 bits per heavy atom. The van der Waals surface area contributed by atoms with Gasteiger partial charge in [0.25, 0.3) is 5.91 Å². The van der Waals surface area contributed by atoms with Crippen molar-refractivity contribution in [3.8, 4) is 11.1 Å². The van der Waals surface area contributed by atoms with Crippen LogP contribution in [0.2, 0.25) is 0 Å². The smallest absolute Gasteiger partial charge is 0.255 e. The summed E-state index contributed by atoms with van der Waals surface area (Å²) in [7, 11) is 0. The largest absolute Gasteiger partial charge is 0.328 e. The summed E-state index contributed by atoms with van der Waals surface area (Å²) in [4.78, 5) is 14.8. The van der Waals surface area contributed by atoms with Gasteiger partial charge in [0.2, 0.25) is 0 Å². The number of carbonyl (C=O) groups is 1. The zero-order chi connectivity index (χ0) is 15.5. The van der Waals surface area contributed by atoms with Crippen LogP contribution in [-0.4, -0.2) is 35.0 Å². The minimum atomic E-state index is 0.0802. The fraction of sp³-hybridized carbons (Fsp3) is 0.278. The first kappa shape index (κ1) is 15.1. The Kier molecular flexibility index (Phi) is 4.50. The highest BCUT2D eigenvalue weighted by atomic mass is 32.2. The summed E-state index contributed by atoms with van der Waals surface area (Å²) in [6.45, 7) is 2.58. The van der Waals surface area contributed by atoms with E-state index in [1.54, 1.807) is 11.8 Å². The van der Waals surface area contributed by atoms with Crippen molar-refractivity contribution in [1.29, 1.82) is 0 Å². The van der Waals surface area contributed by atoms with Gasteiger partial charge in [0.15, 0.2) is 0 Å². The summed E-state index contributed by atoms with van der Waals surface area (Å²) in [5.74, 6) is 1.73. The van der Waals surface area contributed by atoms with Crippen LogP contribution >= 0.6 is 11.8 Å². The third-order valence-electron chi connectivity index (χ3n) is 4.03. The maximum atomic E-state index is 12.9. The summed E-state index contributed by atoms with van der Waals surface area (Å²) >= 11 is 1.77. The maximum absolute atomic E-state index is 12.9. The molecule has 1 fully saturated rings. The van der Waals surface area contributed by atoms with E-state index in [-0.39, 0.29) is 11.9 Å². The lowest BCUT2D eigenvalue weighted by atomic mass is 9.98. The van der Waals surface area contributed by atoms with E-state index in [9.17, 15) is 4.79 Å². The first-order valence-corrected chi connectivity index (χ1v) is 8.61. The fourth-order valence-electron chi connectivity index (χ4n) is 2.71. The highest BCUT2D eigenvalue weighted by molar-refractivity contribution is 7.99. The molecule has 114 valence electrons. The minimum absolute atomic E-state index is 0.0802. The van der Waals surface area contributed by atoms with Gasteiger partial charge in [0.1, 0.15) is 0 Å². The molecule has 0 unspecified atom stereocenters. The molecule has 0 spiro atoms. The molecule has 1 amide bonds. The van der Waals surface area contributed by atoms with Gasteiger partial charge in [-0.05, 0) is 24.1 Å². The Balaban J connectivity index is 1.97. The summed E-state index contributed by atoms with van der Waals surface area (Å²) in [5, 5.41) is 0. The summed E-state index contributed by atoms with van der Waals surface area (Å²) < 4.78 is 0. The predicted molar refractivity (Wildman–Crippen MR) is 93.0 cm³/mol. The molecule has 0 aromatic heterocycles. The lowest BCUT2D eigenvalue weighted by molar-refractivity contribution is 0.0753. The third-order valence-corrected chi connectivity index (χ3v) is 5.12. The average molecular weight is 312 g/mol. The Hall–Kier alpha value is -1.78. The van der Waals surface area contributed by atoms with E-state index in [1.165, 1.54) is 5.56 Å². The number of hydrogen-bond donors (Lipinski definition) is 1. The molecule has 22 heavy (non-hydrogen) atoms. The van der Waals surface area contributed by atoms with Gasteiger partial charge in [0.05, 0.1) is 11.9 Å². The van der Waals surface area contributed by atoms with E-state index in [2.05, 4.69) is 31.2 Å². The monoisotopic (exact) mass is 312 g/mol. The van der Waals surface area contributed by atoms with Crippen LogP contribution < -0.4 is 5.73 Å². The molecule has 1 heterocycles. The topological polar surface area (TPSA) is 46.3 Å². The van der Waals surface area contributed by atoms with Gasteiger partial charge in [-0.15, -0.1) is 11.8 Å². The maximum Gasteiger partial charge on any atom is 0.255 e. The van der Waals surface area contributed by atoms with Crippen molar-refractivity contribution in [2.75, 3.05) is 18.2 Å². The van der Waals surface area contributed by atoms with Crippen molar-refractivity contribution in [2.45, 2.75) is 13.0 Å². The van der Waals surface area contributed by atoms with E-state index in [1.807, 2.05) is 29.2 Å². The molecule has 1 aliphatic heterocycles. The molecule has 1 saturated heterocycles. The van der Waals surface area contributed by atoms with Crippen molar-refractivity contribution in [3.63, 3.8) is 0 Å². The summed E-state index contributed by atoms with van der Waals surface area (Å²) in [6.07, 6.45) is 0. The SMILES string of the molecule is Cc1ccc(-c2ccccc2C(=O)N2CSC[C@H]2CN)cc1. The molecule has 1 atom stereocenters. The van der Waals surface area contributed by atoms with Crippen LogP contribution in [0.15, 0.2) is 48.5 Å². The van der Waals surface area contributed by atoms with Crippen LogP contribution in [0.25, 0.3) is 11.1 Å². The molecular weight excluding hydrogens is 292 g/mol. The number of benzene rings is 2. The highest BCUT2D eigenvalue weighted by Gasteiger charge is 2.29. The number of rotatable bonds is 3. The van der Waals surface area contributed by atoms with Crippen LogP contribution in [0, 0.1) is 6.92 Å². The van der Waals surface area contributed by atoms with Gasteiger partial charge >= 0.3 is 0 Å². The Labute approximate surface area is 135 Å². The first-order chi connectivity index (χ1) is 10.7. The molecule has 0 bridgehead atoms. The molecule has 3 rings (SSSR count). The van der Waals surface area contributed by atoms with Crippen LogP contribution in [0.1, 0.15) is 15.9 Å². The van der Waals surface area contributed by atoms with E-state index in [0.717, 1.165) is 28.3 Å². The van der Waals surface area contributed by atoms with E-state index >= 15 is 0 Å². The van der Waals surface area contributed by atoms with Crippen molar-refractivity contribution in [1.82, 2.24) is 4.90 Å². The van der Waals surface area contributed by atoms with E-state index in [0.29, 0.717) is 6.54 Å². The van der Waals surface area contributed by atoms with Crippen molar-refractivity contribution in [3.05, 3.63) is 59.7 Å². The fourth-order valence-corrected chi connectivity index (χ4v) is 3.93. The number of nitrogens with two attached hydrogens (primary N) is 1. The van der Waals surface area contributed by atoms with Gasteiger partial charge in [-0.3, -0.25) is 4.79 Å². The van der Waals surface area contributed by atoms with Gasteiger partial charge in [-0.2, -0.15) is 0 Å². The van der Waals surface area contributed by atoms with Crippen LogP contribution in [0.4, 0.5) is 0 Å². The van der Waals surface area contributed by atoms with Crippen LogP contribution in [0.5, 0.6) is 0 Å². The second-order valence-electron chi connectivity index (χ2n) is 5.58. The van der Waals surface area contributed by atoms with Gasteiger partial charge < -0.3 is 10.6 Å². The Morgan fingerprint density at radius 2 is 1.95 bits per heavy atom. The second-order valence-corrected chi connectivity index (χ2v) is 6.58. The standard InChI is InChI=1S/C18H20N2OS/c1-13-6-8-14(9-7-13)16-4-2-3-5-17(16)18(21)20-12-22-11-15(20)10-19/h2-9,15H,10-12,19H2,1H3/t15-/m1/s1. The number of aryl methyl sites for hydroxylation is 1. The first-order valence-electron chi connectivity index (χ1n) is 7.45. The van der Waals surface area contributed by atoms with E-state index < -0.39 is 0 Å². The lowest BCUT2D eigenvalue weighted by Crippen LogP contribution is -2.41. The molecule has 0 radical (unpaired) electrons. The summed E-state index contributed by atoms with van der Waals surface area (Å²) in [5.41, 5.74) is 9.83. The number of nitrogens with zero attached hydrogens (tertiary/aromatic N) is 1. The van der Waals surface area contributed by atoms with Gasteiger partial charge in [-0.25, -0.2) is 0 Å². The average Bonchev–Trinajstić information content (AvgIpc) is 3.03. The van der Waals surface area contributed by atoms with Gasteiger partial charge in [-0.1, -0.05) is 48.0 Å². The van der Waals surface area contributed by atoms with E-state index in [4.69, 9.17) is 5.73 Å². The quantitative estimate of drug-likeness (QED) is 0.947. The summed E-state index contributed by atoms with van der Waals surface area (Å²) in [6, 6.07) is 16.3. The van der Waals surface area contributed by atoms with Crippen LogP contribution in [0.3, 0.4) is 0 Å². The Bertz CT molecular complexity index is 669. The molecule has 0 aliphatic carbocycles. The molecule has 0 saturated carbocycles. The molecule has 2 aromatic rings. The molecule has 4 heteroatoms. The highest BCUT2D eigenvalue weighted by Crippen LogP contribution is 2.28. The molecule has 3 nitrogen and oxygen atoms in total. The third kappa shape index (κ3) is 2.89. The number of amides is 1.